The van der Waals surface area contributed by atoms with Gasteiger partial charge >= 0.3 is 0 Å². The van der Waals surface area contributed by atoms with Gasteiger partial charge in [0.2, 0.25) is 0 Å². The van der Waals surface area contributed by atoms with Gasteiger partial charge in [-0.2, -0.15) is 0 Å². The molecule has 0 heterocycles. The van der Waals surface area contributed by atoms with Gasteiger partial charge in [-0.05, 0) is 90.2 Å². The molecule has 1 aliphatic rings. The number of ether oxygens (including phenoxy) is 1. The molecule has 1 aliphatic carbocycles. The smallest absolute Gasteiger partial charge is 0.126 e. The number of hydrogen-bond donors (Lipinski definition) is 0. The summed E-state index contributed by atoms with van der Waals surface area (Å²) in [7, 11) is -2.45. The van der Waals surface area contributed by atoms with E-state index in [1.54, 1.807) is 0 Å². The molecule has 0 radical (unpaired) electrons. The summed E-state index contributed by atoms with van der Waals surface area (Å²) in [6, 6.07) is 47.9. The van der Waals surface area contributed by atoms with Crippen LogP contribution in [0.5, 0.6) is 5.75 Å². The molecular weight excluding hydrogens is 657 g/mol. The van der Waals surface area contributed by atoms with Crippen LogP contribution in [0, 0.1) is 6.92 Å². The molecule has 0 bridgehead atoms. The summed E-state index contributed by atoms with van der Waals surface area (Å²) in [6.07, 6.45) is 1.87. The van der Waals surface area contributed by atoms with E-state index < -0.39 is 8.07 Å². The van der Waals surface area contributed by atoms with Crippen LogP contribution in [0.1, 0.15) is 74.9 Å². The van der Waals surface area contributed by atoms with Crippen molar-refractivity contribution in [3.63, 3.8) is 0 Å². The Balaban J connectivity index is 1.50. The van der Waals surface area contributed by atoms with Crippen molar-refractivity contribution in [1.82, 2.24) is 0 Å². The van der Waals surface area contributed by atoms with Crippen LogP contribution in [0.3, 0.4) is 0 Å². The van der Waals surface area contributed by atoms with Gasteiger partial charge in [-0.15, -0.1) is 0 Å². The molecule has 0 N–H and O–H groups in total. The van der Waals surface area contributed by atoms with Crippen molar-refractivity contribution in [2.24, 2.45) is 0 Å². The lowest BCUT2D eigenvalue weighted by atomic mass is 9.81. The summed E-state index contributed by atoms with van der Waals surface area (Å²) >= 11 is 0. The zero-order valence-electron chi connectivity index (χ0n) is 33.1. The number of hydrogen-bond acceptors (Lipinski definition) is 1. The van der Waals surface area contributed by atoms with E-state index in [1.165, 1.54) is 71.9 Å². The number of fused-ring (bicyclic) bond motifs is 3. The minimum absolute atomic E-state index is 0.0220. The third-order valence-electron chi connectivity index (χ3n) is 11.2. The highest BCUT2D eigenvalue weighted by Crippen LogP contribution is 2.52. The molecule has 0 unspecified atom stereocenters. The van der Waals surface area contributed by atoms with Gasteiger partial charge in [0.15, 0.2) is 0 Å². The third kappa shape index (κ3) is 6.75. The molecule has 0 atom stereocenters. The van der Waals surface area contributed by atoms with Gasteiger partial charge < -0.3 is 4.74 Å². The molecule has 0 aliphatic heterocycles. The van der Waals surface area contributed by atoms with Crippen LogP contribution in [-0.2, 0) is 10.8 Å². The fourth-order valence-corrected chi connectivity index (χ4v) is 12.4. The molecule has 0 amide bonds. The molecule has 6 aromatic rings. The lowest BCUT2D eigenvalue weighted by Crippen LogP contribution is -2.48. The van der Waals surface area contributed by atoms with Gasteiger partial charge in [0.1, 0.15) is 12.4 Å². The Bertz CT molecular complexity index is 2210. The van der Waals surface area contributed by atoms with Crippen molar-refractivity contribution in [1.29, 1.82) is 0 Å². The highest BCUT2D eigenvalue weighted by Gasteiger charge is 2.44. The van der Waals surface area contributed by atoms with Crippen LogP contribution < -0.4 is 9.92 Å². The molecule has 0 aromatic heterocycles. The maximum atomic E-state index is 6.76. The van der Waals surface area contributed by atoms with Crippen molar-refractivity contribution >= 4 is 13.3 Å². The predicted octanol–water partition coefficient (Wildman–Crippen LogP) is 13.4. The van der Waals surface area contributed by atoms with E-state index in [0.717, 1.165) is 11.3 Å². The average Bonchev–Trinajstić information content (AvgIpc) is 3.47. The van der Waals surface area contributed by atoms with E-state index in [9.17, 15) is 0 Å². The standard InChI is InChI=1S/C51H54OSi/c1-11-29-52-48-42(35-19-13-12-14-20-35)30-34(2)31-47(48)53(9,10)49-43-32-36(38-21-15-17-23-45(38)50(3,4)5)25-27-40(43)41-28-26-37(33-44(41)49)39-22-16-18-24-46(39)51(6,7)8/h11-28,30-33,49H,1,29H2,2-10H3. The Morgan fingerprint density at radius 1 is 0.566 bits per heavy atom. The first-order valence-corrected chi connectivity index (χ1v) is 22.2. The first-order valence-electron chi connectivity index (χ1n) is 19.1. The Morgan fingerprint density at radius 3 is 1.55 bits per heavy atom. The van der Waals surface area contributed by atoms with Crippen LogP contribution in [-0.4, -0.2) is 14.7 Å². The van der Waals surface area contributed by atoms with E-state index in [2.05, 4.69) is 196 Å². The minimum atomic E-state index is -2.45. The lowest BCUT2D eigenvalue weighted by Gasteiger charge is -2.35. The van der Waals surface area contributed by atoms with Gasteiger partial charge in [0.25, 0.3) is 0 Å². The summed E-state index contributed by atoms with van der Waals surface area (Å²) in [5, 5.41) is 1.35. The summed E-state index contributed by atoms with van der Waals surface area (Å²) in [4.78, 5) is 0. The van der Waals surface area contributed by atoms with Gasteiger partial charge in [-0.25, -0.2) is 0 Å². The van der Waals surface area contributed by atoms with Crippen molar-refractivity contribution in [2.45, 2.75) is 77.9 Å². The molecule has 53 heavy (non-hydrogen) atoms. The average molecular weight is 711 g/mol. The van der Waals surface area contributed by atoms with Crippen LogP contribution in [0.4, 0.5) is 0 Å². The molecule has 1 nitrogen and oxygen atoms in total. The van der Waals surface area contributed by atoms with Gasteiger partial charge in [0.05, 0.1) is 8.07 Å². The van der Waals surface area contributed by atoms with E-state index in [-0.39, 0.29) is 16.4 Å². The van der Waals surface area contributed by atoms with E-state index >= 15 is 0 Å². The van der Waals surface area contributed by atoms with Crippen LogP contribution in [0.25, 0.3) is 44.5 Å². The van der Waals surface area contributed by atoms with Crippen LogP contribution >= 0.6 is 0 Å². The molecule has 0 fully saturated rings. The number of rotatable bonds is 8. The molecule has 6 aromatic carbocycles. The molecular formula is C51H54OSi. The fraction of sp³-hybridized carbons (Fsp3) is 0.255. The van der Waals surface area contributed by atoms with Crippen LogP contribution in [0.2, 0.25) is 13.1 Å². The summed E-state index contributed by atoms with van der Waals surface area (Å²) in [5.74, 6) is 0.997. The lowest BCUT2D eigenvalue weighted by molar-refractivity contribution is 0.367. The largest absolute Gasteiger partial charge is 0.489 e. The molecule has 268 valence electrons. The van der Waals surface area contributed by atoms with E-state index in [4.69, 9.17) is 4.74 Å². The molecule has 2 heteroatoms. The van der Waals surface area contributed by atoms with Crippen LogP contribution in [0.15, 0.2) is 140 Å². The molecule has 0 saturated heterocycles. The Morgan fingerprint density at radius 2 is 1.06 bits per heavy atom. The highest BCUT2D eigenvalue weighted by atomic mass is 28.3. The number of benzene rings is 6. The topological polar surface area (TPSA) is 9.23 Å². The van der Waals surface area contributed by atoms with Gasteiger partial charge in [-0.1, -0.05) is 194 Å². The van der Waals surface area contributed by atoms with Crippen molar-refractivity contribution < 1.29 is 4.74 Å². The zero-order chi connectivity index (χ0) is 37.7. The summed E-state index contributed by atoms with van der Waals surface area (Å²) < 4.78 is 6.76. The maximum absolute atomic E-state index is 6.76. The first kappa shape index (κ1) is 36.4. The van der Waals surface area contributed by atoms with Crippen molar-refractivity contribution in [3.05, 3.63) is 168 Å². The predicted molar refractivity (Wildman–Crippen MR) is 231 cm³/mol. The second-order valence-corrected chi connectivity index (χ2v) is 22.1. The normalized spacial score (nSPS) is 13.1. The first-order chi connectivity index (χ1) is 25.2. The highest BCUT2D eigenvalue weighted by molar-refractivity contribution is 6.92. The molecule has 0 spiro atoms. The Hall–Kier alpha value is -4.92. The zero-order valence-corrected chi connectivity index (χ0v) is 34.1. The van der Waals surface area contributed by atoms with Gasteiger partial charge in [-0.3, -0.25) is 0 Å². The van der Waals surface area contributed by atoms with E-state index in [1.807, 2.05) is 6.08 Å². The second-order valence-electron chi connectivity index (χ2n) is 17.5. The molecule has 7 rings (SSSR count). The fourth-order valence-electron chi connectivity index (χ4n) is 8.69. The Kier molecular flexibility index (Phi) is 9.49. The van der Waals surface area contributed by atoms with Crippen molar-refractivity contribution in [3.8, 4) is 50.3 Å². The van der Waals surface area contributed by atoms with Gasteiger partial charge in [0, 0.05) is 11.1 Å². The second kappa shape index (κ2) is 13.8. The Labute approximate surface area is 319 Å². The summed E-state index contributed by atoms with van der Waals surface area (Å²) in [6.45, 7) is 25.8. The number of aryl methyl sites for hydroxylation is 1. The SMILES string of the molecule is C=CCOc1c(-c2ccccc2)cc(C)cc1[Si](C)(C)C1c2cc(-c3ccccc3C(C)(C)C)ccc2-c2ccc(-c3ccccc3C(C)(C)C)cc21. The quantitative estimate of drug-likeness (QED) is 0.113. The maximum Gasteiger partial charge on any atom is 0.126 e. The van der Waals surface area contributed by atoms with Crippen molar-refractivity contribution in [2.75, 3.05) is 6.61 Å². The summed E-state index contributed by atoms with van der Waals surface area (Å²) in [5.41, 5.74) is 17.3. The van der Waals surface area contributed by atoms with E-state index in [0.29, 0.717) is 6.61 Å². The molecule has 0 saturated carbocycles. The third-order valence-corrected chi connectivity index (χ3v) is 15.0. The monoisotopic (exact) mass is 710 g/mol. The minimum Gasteiger partial charge on any atom is -0.489 e.